The number of phenolic OH excluding ortho intramolecular Hbond substituents is 1. The van der Waals surface area contributed by atoms with Crippen LogP contribution in [0.25, 0.3) is 10.9 Å². The highest BCUT2D eigenvalue weighted by Crippen LogP contribution is 2.25. The van der Waals surface area contributed by atoms with E-state index >= 15 is 0 Å². The highest BCUT2D eigenvalue weighted by Gasteiger charge is 2.36. The minimum Gasteiger partial charge on any atom is -0.508 e. The number of phenols is 1. The summed E-state index contributed by atoms with van der Waals surface area (Å²) < 4.78 is 0. The number of amides is 1. The number of nitrogens with one attached hydrogen (secondary N) is 3. The predicted octanol–water partition coefficient (Wildman–Crippen LogP) is 1.99. The molecule has 140 valence electrons. The van der Waals surface area contributed by atoms with E-state index in [2.05, 4.69) is 20.6 Å². The molecule has 2 atom stereocenters. The van der Waals surface area contributed by atoms with Crippen molar-refractivity contribution in [3.8, 4) is 5.75 Å². The molecule has 7 heteroatoms. The summed E-state index contributed by atoms with van der Waals surface area (Å²) in [6.45, 7) is 4.05. The van der Waals surface area contributed by atoms with Crippen LogP contribution in [-0.4, -0.2) is 51.7 Å². The summed E-state index contributed by atoms with van der Waals surface area (Å²) >= 11 is 0. The van der Waals surface area contributed by atoms with Gasteiger partial charge < -0.3 is 20.3 Å². The highest BCUT2D eigenvalue weighted by molar-refractivity contribution is 5.98. The molecule has 1 aromatic carbocycles. The van der Waals surface area contributed by atoms with Gasteiger partial charge in [0.05, 0.1) is 11.7 Å². The van der Waals surface area contributed by atoms with E-state index in [4.69, 9.17) is 0 Å². The van der Waals surface area contributed by atoms with Crippen molar-refractivity contribution in [3.63, 3.8) is 0 Å². The molecule has 27 heavy (non-hydrogen) atoms. The molecular formula is C20H23N5O2. The maximum absolute atomic E-state index is 13.3. The second-order valence-corrected chi connectivity index (χ2v) is 6.64. The number of fused-ring (bicyclic) bond motifs is 1. The van der Waals surface area contributed by atoms with Crippen LogP contribution in [0.4, 0.5) is 0 Å². The number of hydrogen-bond acceptors (Lipinski definition) is 5. The van der Waals surface area contributed by atoms with Gasteiger partial charge in [-0.25, -0.2) is 0 Å². The lowest BCUT2D eigenvalue weighted by Gasteiger charge is -2.41. The van der Waals surface area contributed by atoms with Gasteiger partial charge in [-0.15, -0.1) is 0 Å². The molecule has 2 unspecified atom stereocenters. The number of rotatable bonds is 4. The first kappa shape index (κ1) is 17.5. The molecule has 0 aliphatic carbocycles. The maximum atomic E-state index is 13.3. The van der Waals surface area contributed by atoms with E-state index in [1.165, 1.54) is 0 Å². The molecule has 0 bridgehead atoms. The molecule has 1 amide bonds. The summed E-state index contributed by atoms with van der Waals surface area (Å²) in [4.78, 5) is 22.8. The largest absolute Gasteiger partial charge is 0.508 e. The van der Waals surface area contributed by atoms with Crippen LogP contribution in [0.15, 0.2) is 48.7 Å². The lowest BCUT2D eigenvalue weighted by molar-refractivity contribution is 0.0490. The van der Waals surface area contributed by atoms with E-state index in [0.717, 1.165) is 23.1 Å². The van der Waals surface area contributed by atoms with E-state index < -0.39 is 0 Å². The standard InChI is InChI=1S/C20H23N5O2/c1-2-21-19-18(16-5-3-4-8-22-16)23-9-10-25(19)20(27)17-12-13-11-14(26)6-7-15(13)24-17/h3-8,11-12,18-19,21,23-24,26H,2,9-10H2,1H3. The van der Waals surface area contributed by atoms with E-state index in [1.54, 1.807) is 30.5 Å². The van der Waals surface area contributed by atoms with Crippen LogP contribution in [0.1, 0.15) is 29.1 Å². The molecule has 7 nitrogen and oxygen atoms in total. The number of carbonyl (C=O) groups is 1. The van der Waals surface area contributed by atoms with Gasteiger partial charge in [0, 0.05) is 30.2 Å². The topological polar surface area (TPSA) is 93.3 Å². The number of pyridine rings is 1. The lowest BCUT2D eigenvalue weighted by atomic mass is 10.1. The predicted molar refractivity (Wildman–Crippen MR) is 103 cm³/mol. The van der Waals surface area contributed by atoms with Crippen molar-refractivity contribution in [2.45, 2.75) is 19.1 Å². The average molecular weight is 365 g/mol. The van der Waals surface area contributed by atoms with Crippen molar-refractivity contribution in [1.29, 1.82) is 0 Å². The molecule has 0 saturated carbocycles. The number of aromatic hydroxyl groups is 1. The Bertz CT molecular complexity index is 940. The molecule has 1 aliphatic heterocycles. The smallest absolute Gasteiger partial charge is 0.271 e. The van der Waals surface area contributed by atoms with Gasteiger partial charge in [-0.2, -0.15) is 0 Å². The summed E-state index contributed by atoms with van der Waals surface area (Å²) in [7, 11) is 0. The number of carbonyl (C=O) groups excluding carboxylic acids is 1. The Hall–Kier alpha value is -2.90. The van der Waals surface area contributed by atoms with Crippen molar-refractivity contribution in [1.82, 2.24) is 25.5 Å². The number of piperazine rings is 1. The number of likely N-dealkylation sites (N-methyl/N-ethyl adjacent to an activating group) is 1. The van der Waals surface area contributed by atoms with Gasteiger partial charge >= 0.3 is 0 Å². The second-order valence-electron chi connectivity index (χ2n) is 6.64. The molecule has 0 spiro atoms. The van der Waals surface area contributed by atoms with Gasteiger partial charge in [0.2, 0.25) is 0 Å². The van der Waals surface area contributed by atoms with Gasteiger partial charge in [-0.1, -0.05) is 13.0 Å². The zero-order chi connectivity index (χ0) is 18.8. The molecule has 1 saturated heterocycles. The molecule has 4 N–H and O–H groups in total. The second kappa shape index (κ2) is 7.38. The van der Waals surface area contributed by atoms with E-state index in [9.17, 15) is 9.90 Å². The van der Waals surface area contributed by atoms with Crippen LogP contribution in [-0.2, 0) is 0 Å². The molecule has 0 radical (unpaired) electrons. The van der Waals surface area contributed by atoms with Crippen LogP contribution in [0.5, 0.6) is 5.75 Å². The summed E-state index contributed by atoms with van der Waals surface area (Å²) in [5.74, 6) is 0.113. The molecule has 1 aliphatic rings. The number of H-pyrrole nitrogens is 1. The van der Waals surface area contributed by atoms with Gasteiger partial charge in [0.15, 0.2) is 0 Å². The SMILES string of the molecule is CCNC1C(c2ccccn2)NCCN1C(=O)c1cc2cc(O)ccc2[nH]1. The Morgan fingerprint density at radius 2 is 2.22 bits per heavy atom. The first-order valence-corrected chi connectivity index (χ1v) is 9.18. The van der Waals surface area contributed by atoms with Crippen molar-refractivity contribution in [2.75, 3.05) is 19.6 Å². The Labute approximate surface area is 157 Å². The summed E-state index contributed by atoms with van der Waals surface area (Å²) in [6, 6.07) is 12.6. The van der Waals surface area contributed by atoms with E-state index in [1.807, 2.05) is 30.0 Å². The molecule has 2 aromatic heterocycles. The van der Waals surface area contributed by atoms with Crippen LogP contribution in [0, 0.1) is 0 Å². The Morgan fingerprint density at radius 1 is 1.33 bits per heavy atom. The van der Waals surface area contributed by atoms with Crippen LogP contribution < -0.4 is 10.6 Å². The number of nitrogens with zero attached hydrogens (tertiary/aromatic N) is 2. The number of benzene rings is 1. The fraction of sp³-hybridized carbons (Fsp3) is 0.300. The lowest BCUT2D eigenvalue weighted by Crippen LogP contribution is -2.61. The monoisotopic (exact) mass is 365 g/mol. The zero-order valence-corrected chi connectivity index (χ0v) is 15.1. The van der Waals surface area contributed by atoms with Crippen molar-refractivity contribution in [2.24, 2.45) is 0 Å². The molecule has 3 heterocycles. The zero-order valence-electron chi connectivity index (χ0n) is 15.1. The van der Waals surface area contributed by atoms with Crippen LogP contribution in [0.2, 0.25) is 0 Å². The molecule has 4 rings (SSSR count). The number of hydrogen-bond donors (Lipinski definition) is 4. The summed E-state index contributed by atoms with van der Waals surface area (Å²) in [5, 5.41) is 17.4. The van der Waals surface area contributed by atoms with Crippen molar-refractivity contribution < 1.29 is 9.90 Å². The van der Waals surface area contributed by atoms with Crippen LogP contribution >= 0.6 is 0 Å². The third kappa shape index (κ3) is 3.39. The fourth-order valence-electron chi connectivity index (χ4n) is 3.65. The molecule has 1 fully saturated rings. The highest BCUT2D eigenvalue weighted by atomic mass is 16.3. The number of aromatic nitrogens is 2. The van der Waals surface area contributed by atoms with Crippen molar-refractivity contribution in [3.05, 3.63) is 60.0 Å². The maximum Gasteiger partial charge on any atom is 0.271 e. The van der Waals surface area contributed by atoms with Crippen LogP contribution in [0.3, 0.4) is 0 Å². The Morgan fingerprint density at radius 3 is 3.00 bits per heavy atom. The van der Waals surface area contributed by atoms with Crippen molar-refractivity contribution >= 4 is 16.8 Å². The summed E-state index contributed by atoms with van der Waals surface area (Å²) in [6.07, 6.45) is 1.57. The third-order valence-corrected chi connectivity index (χ3v) is 4.88. The Kier molecular flexibility index (Phi) is 4.79. The normalized spacial score (nSPS) is 20.1. The summed E-state index contributed by atoms with van der Waals surface area (Å²) in [5.41, 5.74) is 2.25. The van der Waals surface area contributed by atoms with E-state index in [0.29, 0.717) is 18.8 Å². The van der Waals surface area contributed by atoms with Gasteiger partial charge in [-0.05, 0) is 42.9 Å². The first-order chi connectivity index (χ1) is 13.2. The average Bonchev–Trinajstić information content (AvgIpc) is 3.11. The first-order valence-electron chi connectivity index (χ1n) is 9.18. The Balaban J connectivity index is 1.65. The molecular weight excluding hydrogens is 342 g/mol. The van der Waals surface area contributed by atoms with Gasteiger partial charge in [-0.3, -0.25) is 15.1 Å². The number of aromatic amines is 1. The quantitative estimate of drug-likeness (QED) is 0.567. The van der Waals surface area contributed by atoms with Gasteiger partial charge in [0.25, 0.3) is 5.91 Å². The van der Waals surface area contributed by atoms with Gasteiger partial charge in [0.1, 0.15) is 17.6 Å². The minimum absolute atomic E-state index is 0.0703. The molecule has 3 aromatic rings. The minimum atomic E-state index is -0.203. The third-order valence-electron chi connectivity index (χ3n) is 4.88. The fourth-order valence-corrected chi connectivity index (χ4v) is 3.65. The van der Waals surface area contributed by atoms with E-state index in [-0.39, 0.29) is 23.9 Å².